The number of amides is 1. The Bertz CT molecular complexity index is 452. The Morgan fingerprint density at radius 2 is 1.84 bits per heavy atom. The van der Waals surface area contributed by atoms with Gasteiger partial charge in [-0.25, -0.2) is 4.98 Å². The molecule has 106 valence electrons. The molecule has 0 aliphatic carbocycles. The van der Waals surface area contributed by atoms with Gasteiger partial charge in [0, 0.05) is 20.6 Å². The van der Waals surface area contributed by atoms with Crippen molar-refractivity contribution >= 4 is 40.7 Å². The Labute approximate surface area is 123 Å². The standard InChI is InChI=1S/C12H18Cl2N4O/c1-4-5-15-11-8(13)6-9(14)12(17-11)16-7-10(19)18(2)3/h6H,4-5,7H2,1-3H3,(H2,15,16,17). The molecular weight excluding hydrogens is 287 g/mol. The largest absolute Gasteiger partial charge is 0.369 e. The van der Waals surface area contributed by atoms with Crippen LogP contribution in [-0.4, -0.2) is 43.0 Å². The third kappa shape index (κ3) is 4.76. The lowest BCUT2D eigenvalue weighted by Gasteiger charge is -2.14. The SMILES string of the molecule is CCCNc1nc(NCC(=O)N(C)C)c(Cl)cc1Cl. The van der Waals surface area contributed by atoms with Crippen LogP contribution in [0.1, 0.15) is 13.3 Å². The number of nitrogens with one attached hydrogen (secondary N) is 2. The van der Waals surface area contributed by atoms with Crippen LogP contribution < -0.4 is 10.6 Å². The van der Waals surface area contributed by atoms with Crippen LogP contribution >= 0.6 is 23.2 Å². The summed E-state index contributed by atoms with van der Waals surface area (Å²) in [5.41, 5.74) is 0. The highest BCUT2D eigenvalue weighted by Gasteiger charge is 2.11. The van der Waals surface area contributed by atoms with E-state index in [1.54, 1.807) is 20.2 Å². The Hall–Kier alpha value is -1.20. The van der Waals surface area contributed by atoms with Gasteiger partial charge in [-0.1, -0.05) is 30.1 Å². The lowest BCUT2D eigenvalue weighted by molar-refractivity contribution is -0.126. The molecule has 7 heteroatoms. The molecule has 0 aliphatic heterocycles. The van der Waals surface area contributed by atoms with Gasteiger partial charge in [0.2, 0.25) is 5.91 Å². The highest BCUT2D eigenvalue weighted by atomic mass is 35.5. The molecule has 0 bridgehead atoms. The molecule has 1 aromatic heterocycles. The second-order valence-electron chi connectivity index (χ2n) is 4.22. The van der Waals surface area contributed by atoms with Gasteiger partial charge < -0.3 is 15.5 Å². The van der Waals surface area contributed by atoms with E-state index < -0.39 is 0 Å². The van der Waals surface area contributed by atoms with Gasteiger partial charge in [0.05, 0.1) is 16.6 Å². The predicted octanol–water partition coefficient (Wildman–Crippen LogP) is 2.71. The number of rotatable bonds is 6. The molecule has 0 spiro atoms. The summed E-state index contributed by atoms with van der Waals surface area (Å²) in [6.07, 6.45) is 0.961. The highest BCUT2D eigenvalue weighted by Crippen LogP contribution is 2.29. The minimum absolute atomic E-state index is 0.0594. The van der Waals surface area contributed by atoms with Crippen molar-refractivity contribution in [3.63, 3.8) is 0 Å². The van der Waals surface area contributed by atoms with Gasteiger partial charge in [-0.15, -0.1) is 0 Å². The number of nitrogens with zero attached hydrogens (tertiary/aromatic N) is 2. The van der Waals surface area contributed by atoms with Crippen molar-refractivity contribution < 1.29 is 4.79 Å². The summed E-state index contributed by atoms with van der Waals surface area (Å²) in [5, 5.41) is 6.86. The van der Waals surface area contributed by atoms with Gasteiger partial charge in [-0.3, -0.25) is 4.79 Å². The lowest BCUT2D eigenvalue weighted by atomic mass is 10.4. The molecule has 0 aromatic carbocycles. The van der Waals surface area contributed by atoms with Crippen molar-refractivity contribution in [1.82, 2.24) is 9.88 Å². The highest BCUT2D eigenvalue weighted by molar-refractivity contribution is 6.37. The molecule has 0 saturated carbocycles. The van der Waals surface area contributed by atoms with E-state index in [0.717, 1.165) is 13.0 Å². The van der Waals surface area contributed by atoms with Crippen LogP contribution in [0.4, 0.5) is 11.6 Å². The summed E-state index contributed by atoms with van der Waals surface area (Å²) in [5.74, 6) is 0.948. The molecule has 0 aliphatic rings. The molecule has 0 fully saturated rings. The first-order chi connectivity index (χ1) is 8.95. The molecule has 1 aromatic rings. The van der Waals surface area contributed by atoms with Gasteiger partial charge in [-0.05, 0) is 12.5 Å². The zero-order valence-corrected chi connectivity index (χ0v) is 12.8. The second-order valence-corrected chi connectivity index (χ2v) is 5.03. The first kappa shape index (κ1) is 15.9. The molecule has 1 rings (SSSR count). The summed E-state index contributed by atoms with van der Waals surface area (Å²) in [6, 6.07) is 1.61. The maximum Gasteiger partial charge on any atom is 0.241 e. The summed E-state index contributed by atoms with van der Waals surface area (Å²) >= 11 is 12.1. The van der Waals surface area contributed by atoms with Crippen LogP contribution in [-0.2, 0) is 4.79 Å². The predicted molar refractivity (Wildman–Crippen MR) is 80.2 cm³/mol. The average Bonchev–Trinajstić information content (AvgIpc) is 2.36. The minimum atomic E-state index is -0.0594. The molecular formula is C12H18Cl2N4O. The first-order valence-corrected chi connectivity index (χ1v) is 6.75. The van der Waals surface area contributed by atoms with Gasteiger partial charge in [-0.2, -0.15) is 0 Å². The third-order valence-electron chi connectivity index (χ3n) is 2.38. The molecule has 1 amide bonds. The van der Waals surface area contributed by atoms with Crippen molar-refractivity contribution in [2.24, 2.45) is 0 Å². The summed E-state index contributed by atoms with van der Waals surface area (Å²) < 4.78 is 0. The Morgan fingerprint density at radius 1 is 1.26 bits per heavy atom. The van der Waals surface area contributed by atoms with Crippen LogP contribution in [0.25, 0.3) is 0 Å². The molecule has 0 atom stereocenters. The summed E-state index contributed by atoms with van der Waals surface area (Å²) in [7, 11) is 3.38. The number of carbonyl (C=O) groups excluding carboxylic acids is 1. The van der Waals surface area contributed by atoms with E-state index in [4.69, 9.17) is 23.2 Å². The van der Waals surface area contributed by atoms with Crippen LogP contribution in [0.3, 0.4) is 0 Å². The molecule has 0 saturated heterocycles. The smallest absolute Gasteiger partial charge is 0.241 e. The van der Waals surface area contributed by atoms with Crippen molar-refractivity contribution in [2.45, 2.75) is 13.3 Å². The zero-order chi connectivity index (χ0) is 14.4. The number of aromatic nitrogens is 1. The summed E-state index contributed by atoms with van der Waals surface area (Å²) in [4.78, 5) is 17.3. The fourth-order valence-electron chi connectivity index (χ4n) is 1.28. The number of hydrogen-bond acceptors (Lipinski definition) is 4. The van der Waals surface area contributed by atoms with Gasteiger partial charge in [0.1, 0.15) is 11.6 Å². The van der Waals surface area contributed by atoms with Crippen molar-refractivity contribution in [1.29, 1.82) is 0 Å². The lowest BCUT2D eigenvalue weighted by Crippen LogP contribution is -2.28. The fourth-order valence-corrected chi connectivity index (χ4v) is 1.77. The number of hydrogen-bond donors (Lipinski definition) is 2. The molecule has 0 radical (unpaired) electrons. The Morgan fingerprint density at radius 3 is 2.37 bits per heavy atom. The van der Waals surface area contributed by atoms with Crippen molar-refractivity contribution in [2.75, 3.05) is 37.8 Å². The van der Waals surface area contributed by atoms with Gasteiger partial charge >= 0.3 is 0 Å². The number of anilines is 2. The number of pyridine rings is 1. The van der Waals surface area contributed by atoms with E-state index in [2.05, 4.69) is 15.6 Å². The molecule has 19 heavy (non-hydrogen) atoms. The first-order valence-electron chi connectivity index (χ1n) is 5.99. The molecule has 0 unspecified atom stereocenters. The van der Waals surface area contributed by atoms with Crippen LogP contribution in [0, 0.1) is 0 Å². The van der Waals surface area contributed by atoms with E-state index in [1.807, 2.05) is 6.92 Å². The van der Waals surface area contributed by atoms with Crippen LogP contribution in [0.15, 0.2) is 6.07 Å². The average molecular weight is 305 g/mol. The van der Waals surface area contributed by atoms with Crippen molar-refractivity contribution in [3.8, 4) is 0 Å². The van der Waals surface area contributed by atoms with E-state index >= 15 is 0 Å². The van der Waals surface area contributed by atoms with E-state index in [-0.39, 0.29) is 12.5 Å². The maximum atomic E-state index is 11.5. The van der Waals surface area contributed by atoms with Gasteiger partial charge in [0.25, 0.3) is 0 Å². The topological polar surface area (TPSA) is 57.3 Å². The molecule has 5 nitrogen and oxygen atoms in total. The summed E-state index contributed by atoms with van der Waals surface area (Å²) in [6.45, 7) is 2.95. The normalized spacial score (nSPS) is 10.2. The van der Waals surface area contributed by atoms with Crippen LogP contribution in [0.5, 0.6) is 0 Å². The number of halogens is 2. The van der Waals surface area contributed by atoms with Crippen LogP contribution in [0.2, 0.25) is 10.0 Å². The van der Waals surface area contributed by atoms with E-state index in [0.29, 0.717) is 21.7 Å². The maximum absolute atomic E-state index is 11.5. The third-order valence-corrected chi connectivity index (χ3v) is 2.95. The van der Waals surface area contributed by atoms with E-state index in [9.17, 15) is 4.79 Å². The second kappa shape index (κ2) is 7.40. The monoisotopic (exact) mass is 304 g/mol. The zero-order valence-electron chi connectivity index (χ0n) is 11.3. The number of carbonyl (C=O) groups is 1. The fraction of sp³-hybridized carbons (Fsp3) is 0.500. The van der Waals surface area contributed by atoms with Crippen molar-refractivity contribution in [3.05, 3.63) is 16.1 Å². The Balaban J connectivity index is 2.79. The number of likely N-dealkylation sites (N-methyl/N-ethyl adjacent to an activating group) is 1. The molecule has 1 heterocycles. The Kier molecular flexibility index (Phi) is 6.18. The quantitative estimate of drug-likeness (QED) is 0.848. The minimum Gasteiger partial charge on any atom is -0.369 e. The van der Waals surface area contributed by atoms with E-state index in [1.165, 1.54) is 4.90 Å². The van der Waals surface area contributed by atoms with Gasteiger partial charge in [0.15, 0.2) is 0 Å². The molecule has 2 N–H and O–H groups in total.